The fourth-order valence-corrected chi connectivity index (χ4v) is 15.9. The molecule has 132 heavy (non-hydrogen) atoms. The van der Waals surface area contributed by atoms with Crippen LogP contribution in [-0.2, 0) is 73.5 Å². The van der Waals surface area contributed by atoms with E-state index in [0.29, 0.717) is 12.8 Å². The minimum atomic E-state index is -1.90. The molecule has 1 aromatic carbocycles. The van der Waals surface area contributed by atoms with Gasteiger partial charge >= 0.3 is 12.0 Å². The third kappa shape index (κ3) is 46.0. The molecule has 0 spiro atoms. The first-order valence-electron chi connectivity index (χ1n) is 43.5. The van der Waals surface area contributed by atoms with Crippen molar-refractivity contribution in [3.8, 4) is 5.75 Å². The predicted molar refractivity (Wildman–Crippen MR) is 493 cm³/mol. The highest BCUT2D eigenvalue weighted by Gasteiger charge is 2.42. The first-order valence-corrected chi connectivity index (χ1v) is 46.0. The number of primary amides is 1. The Balaban J connectivity index is 2.56. The Kier molecular flexibility index (Phi) is 53.5. The summed E-state index contributed by atoms with van der Waals surface area (Å²) < 4.78 is 0. The Morgan fingerprint density at radius 3 is 1.29 bits per heavy atom. The molecule has 2 fully saturated rings. The van der Waals surface area contributed by atoms with Crippen molar-refractivity contribution in [1.29, 1.82) is 32.5 Å². The molecule has 0 unspecified atom stereocenters. The van der Waals surface area contributed by atoms with Gasteiger partial charge in [-0.15, -0.1) is 0 Å². The number of nitrogens with two attached hydrogens (primary N) is 10. The van der Waals surface area contributed by atoms with E-state index in [4.69, 9.17) is 89.8 Å². The highest BCUT2D eigenvalue weighted by molar-refractivity contribution is 8.76. The molecular weight excluding hydrogens is 1770 g/mol. The Hall–Kier alpha value is -12.9. The van der Waals surface area contributed by atoms with Gasteiger partial charge in [-0.1, -0.05) is 33.7 Å². The highest BCUT2D eigenvalue weighted by Crippen LogP contribution is 2.26. The number of amides is 15. The topological polar surface area (TPSA) is 932 Å². The van der Waals surface area contributed by atoms with Crippen molar-refractivity contribution in [2.75, 3.05) is 77.0 Å². The lowest BCUT2D eigenvalue weighted by Crippen LogP contribution is -2.61. The van der Waals surface area contributed by atoms with Gasteiger partial charge in [-0.25, -0.2) is 9.59 Å². The summed E-state index contributed by atoms with van der Waals surface area (Å²) in [6.07, 6.45) is -0.717. The fourth-order valence-electron chi connectivity index (χ4n) is 13.5. The quantitative estimate of drug-likeness (QED) is 0.0125. The maximum atomic E-state index is 15.7. The van der Waals surface area contributed by atoms with Gasteiger partial charge in [-0.3, -0.25) is 94.8 Å². The molecule has 0 saturated carbocycles. The molecule has 2 aliphatic heterocycles. The van der Waals surface area contributed by atoms with Crippen LogP contribution in [0.5, 0.6) is 5.75 Å². The number of hydrogen-bond donors (Lipinski definition) is 37. The van der Waals surface area contributed by atoms with Gasteiger partial charge in [-0.2, -0.15) is 0 Å². The summed E-state index contributed by atoms with van der Waals surface area (Å²) in [5.74, 6) is -18.6. The molecule has 0 bridgehead atoms. The smallest absolute Gasteiger partial charge is 0.326 e. The standard InChI is InChI=1S/C77H138N36O17S2/c1-41-57(115)102-46(17-7-31-95-72(83)84)59(117)105-50(21-11-36-100-77(93)130)64(122)111-54(66(124)109-52(70(128)129)22-12-35-99-76(91)92)39-131-132-40-55(112-63(121)49(20-10-34-98-75(89)90)106-60(118)47(18-8-32-96-73(85)86)103-58(116)44(80)14-6-30-94-71(81)82)67(125)110-53(38-42-24-26-43(114)27-25-42)65(123)107-48(19-9-33-97-74(87)88)61(119)104-45(15-2-4-28-78)62(120)108-51(16-3-5-29-79)69(127)113-37-13-23-56(113)68(126)101-41/h24-27,41,44-56,114H,2-23,28-40,78-80H2,1H3,(H,101,126)(H,102,115)(H,103,116)(H,104,119)(H,105,117)(H,106,118)(H,107,123)(H,108,120)(H,109,124)(H,110,125)(H,111,122)(H,112,121)(H,128,129)(H4,81,82,94)(H4,83,84,95)(H4,85,86,96)(H4,87,88,97)(H4,89,90,98)(H4,91,92,99)(H3,93,100,130)/t41-,44-,45-,46-,47-,48-,49-,50-,51+,52-,53-,54-,55-,56-/m0/s1. The van der Waals surface area contributed by atoms with Crippen LogP contribution in [0.4, 0.5) is 4.79 Å². The number of fused-ring (bicyclic) bond motifs is 1. The number of hydrogen-bond acceptors (Lipinski definition) is 27. The number of phenolic OH excluding ortho intramolecular Hbond substituents is 1. The van der Waals surface area contributed by atoms with Crippen LogP contribution < -0.4 is 158 Å². The van der Waals surface area contributed by atoms with E-state index in [9.17, 15) is 48.6 Å². The maximum absolute atomic E-state index is 15.7. The third-order valence-electron chi connectivity index (χ3n) is 20.6. The summed E-state index contributed by atoms with van der Waals surface area (Å²) >= 11 is 0. The number of unbranched alkanes of at least 4 members (excludes halogenated alkanes) is 2. The maximum Gasteiger partial charge on any atom is 0.326 e. The van der Waals surface area contributed by atoms with E-state index in [1.165, 1.54) is 36.1 Å². The largest absolute Gasteiger partial charge is 0.508 e. The van der Waals surface area contributed by atoms with Gasteiger partial charge in [0.1, 0.15) is 84.3 Å². The van der Waals surface area contributed by atoms with Crippen LogP contribution in [0, 0.1) is 32.5 Å². The molecule has 0 aromatic heterocycles. The molecule has 47 N–H and O–H groups in total. The van der Waals surface area contributed by atoms with Gasteiger partial charge in [0.2, 0.25) is 76.8 Å². The van der Waals surface area contributed by atoms with Gasteiger partial charge in [0.25, 0.3) is 0 Å². The zero-order valence-electron chi connectivity index (χ0n) is 74.2. The molecule has 0 aliphatic carbocycles. The molecular formula is C77H138N36O17S2. The minimum Gasteiger partial charge on any atom is -0.508 e. The lowest BCUT2D eigenvalue weighted by molar-refractivity contribution is -0.142. The summed E-state index contributed by atoms with van der Waals surface area (Å²) in [6.45, 7) is 1.28. The van der Waals surface area contributed by atoms with Crippen molar-refractivity contribution >= 4 is 146 Å². The number of carbonyl (C=O) groups excluding carboxylic acids is 14. The van der Waals surface area contributed by atoms with Gasteiger partial charge in [0.15, 0.2) is 35.8 Å². The predicted octanol–water partition coefficient (Wildman–Crippen LogP) is -10.1. The van der Waals surface area contributed by atoms with Crippen LogP contribution in [-0.4, -0.2) is 301 Å². The average Bonchev–Trinajstić information content (AvgIpc) is 1.64. The van der Waals surface area contributed by atoms with Crippen molar-refractivity contribution in [2.45, 2.75) is 239 Å². The summed E-state index contributed by atoms with van der Waals surface area (Å²) in [4.78, 5) is 221. The Morgan fingerprint density at radius 1 is 0.439 bits per heavy atom. The molecule has 1 aromatic rings. The SMILES string of the molecule is C[C@@H]1NC(=O)[C@@H]2CCCN2C(=O)[C@@H](CCCCN)NC(=O)[C@H](CCCCN)NC(=O)[C@H](CCCNC(=N)N)NC(=O)[C@H](Cc2ccc(O)cc2)NC(=O)[C@@H](NC(=O)[C@H](CCCNC(=N)N)NC(=O)[C@H](CCCNC(=N)N)NC(=O)[C@@H](N)CCCNC(=N)N)CSSC[C@@H](C(=O)N[C@@H](CCCNC(=N)N)C(=O)O)NC(=O)[C@H](CCCNC(N)=O)NC(=O)[C@H](CCCNC(=N)N)NC1=O. The molecule has 2 saturated heterocycles. The summed E-state index contributed by atoms with van der Waals surface area (Å²) in [5.41, 5.74) is 57.1. The number of carboxylic acid groups (broad SMARTS) is 1. The second kappa shape index (κ2) is 62.4. The normalized spacial score (nSPS) is 20.9. The number of carboxylic acids is 1. The van der Waals surface area contributed by atoms with Crippen molar-refractivity contribution in [2.24, 2.45) is 57.3 Å². The van der Waals surface area contributed by atoms with E-state index in [0.717, 1.165) is 21.6 Å². The van der Waals surface area contributed by atoms with Crippen molar-refractivity contribution in [3.05, 3.63) is 29.8 Å². The Morgan fingerprint density at radius 2 is 0.826 bits per heavy atom. The number of urea groups is 1. The molecule has 2 heterocycles. The molecule has 53 nitrogen and oxygen atoms in total. The first kappa shape index (κ1) is 113. The van der Waals surface area contributed by atoms with Gasteiger partial charge in [0.05, 0.1) is 6.04 Å². The van der Waals surface area contributed by atoms with Gasteiger partial charge < -0.3 is 173 Å². The third-order valence-corrected chi connectivity index (χ3v) is 23.0. The number of rotatable bonds is 47. The molecule has 3 rings (SSSR count). The van der Waals surface area contributed by atoms with E-state index in [2.05, 4.69) is 101 Å². The van der Waals surface area contributed by atoms with E-state index in [1.807, 2.05) is 0 Å². The average molecular weight is 1900 g/mol. The second-order valence-electron chi connectivity index (χ2n) is 31.4. The van der Waals surface area contributed by atoms with Crippen LogP contribution >= 0.6 is 21.6 Å². The van der Waals surface area contributed by atoms with E-state index in [-0.39, 0.29) is 211 Å². The fraction of sp³-hybridized carbons (Fsp3) is 0.649. The molecule has 0 radical (unpaired) electrons. The minimum absolute atomic E-state index is 0.000165. The molecule has 14 atom stereocenters. The number of carbonyl (C=O) groups is 15. The number of guanidine groups is 6. The van der Waals surface area contributed by atoms with Gasteiger partial charge in [-0.05, 0) is 179 Å². The molecule has 2 aliphatic rings. The summed E-state index contributed by atoms with van der Waals surface area (Å²) in [7, 11) is 1.44. The van der Waals surface area contributed by atoms with E-state index >= 15 is 33.6 Å². The molecule has 55 heteroatoms. The Bertz CT molecular complexity index is 4030. The van der Waals surface area contributed by atoms with E-state index in [1.54, 1.807) is 0 Å². The Labute approximate surface area is 772 Å². The number of aromatic hydroxyl groups is 1. The second-order valence-corrected chi connectivity index (χ2v) is 33.9. The van der Waals surface area contributed by atoms with Gasteiger partial charge in [0, 0.05) is 70.3 Å². The highest BCUT2D eigenvalue weighted by atomic mass is 33.1. The lowest BCUT2D eigenvalue weighted by Gasteiger charge is -2.31. The number of nitrogens with zero attached hydrogens (tertiary/aromatic N) is 1. The summed E-state index contributed by atoms with van der Waals surface area (Å²) in [5, 5.41) is 117. The monoisotopic (exact) mass is 1900 g/mol. The number of aliphatic carboxylic acids is 1. The van der Waals surface area contributed by atoms with Crippen molar-refractivity contribution in [3.63, 3.8) is 0 Å². The first-order chi connectivity index (χ1) is 62.6. The zero-order chi connectivity index (χ0) is 98.4. The summed E-state index contributed by atoms with van der Waals surface area (Å²) in [6, 6.07) is -17.9. The van der Waals surface area contributed by atoms with Crippen molar-refractivity contribution in [1.82, 2.24) is 106 Å². The number of phenols is 1. The van der Waals surface area contributed by atoms with Crippen molar-refractivity contribution < 1.29 is 82.1 Å². The van der Waals surface area contributed by atoms with Crippen LogP contribution in [0.1, 0.15) is 154 Å². The van der Waals surface area contributed by atoms with Crippen LogP contribution in [0.25, 0.3) is 0 Å². The van der Waals surface area contributed by atoms with E-state index < -0.39 is 221 Å². The number of benzene rings is 1. The molecule has 740 valence electrons. The molecule has 15 amide bonds. The van der Waals surface area contributed by atoms with Crippen LogP contribution in [0.15, 0.2) is 24.3 Å². The lowest BCUT2D eigenvalue weighted by atomic mass is 10.0. The van der Waals surface area contributed by atoms with Crippen LogP contribution in [0.2, 0.25) is 0 Å². The van der Waals surface area contributed by atoms with Crippen LogP contribution in [0.3, 0.4) is 0 Å². The number of nitrogens with one attached hydrogen (secondary N) is 25. The zero-order valence-corrected chi connectivity index (χ0v) is 75.8.